The predicted octanol–water partition coefficient (Wildman–Crippen LogP) is -4.41. The van der Waals surface area contributed by atoms with Crippen LogP contribution in [-0.2, 0) is 9.59 Å². The van der Waals surface area contributed by atoms with Crippen LogP contribution in [0, 0.1) is 0 Å². The average Bonchev–Trinajstić information content (AvgIpc) is 1.88. The zero-order valence-corrected chi connectivity index (χ0v) is 9.49. The van der Waals surface area contributed by atoms with Crippen LogP contribution in [0.3, 0.4) is 0 Å². The van der Waals surface area contributed by atoms with Crippen molar-refractivity contribution >= 4 is 60.2 Å². The van der Waals surface area contributed by atoms with Crippen LogP contribution in [0.4, 0.5) is 0 Å². The summed E-state index contributed by atoms with van der Waals surface area (Å²) in [6.45, 7) is 0. The summed E-state index contributed by atoms with van der Waals surface area (Å²) in [5, 5.41) is 34.2. The molecular formula is C4H6MgO6S2. The number of hydrogen-bond acceptors (Lipinski definition) is 8. The molecule has 2 N–H and O–H groups in total. The van der Waals surface area contributed by atoms with Gasteiger partial charge in [0.25, 0.3) is 0 Å². The van der Waals surface area contributed by atoms with Crippen LogP contribution in [0.15, 0.2) is 0 Å². The number of carbonyl (C=O) groups is 2. The average molecular weight is 239 g/mol. The zero-order valence-electron chi connectivity index (χ0n) is 6.28. The van der Waals surface area contributed by atoms with E-state index < -0.39 is 22.8 Å². The van der Waals surface area contributed by atoms with Gasteiger partial charge in [0.15, 0.2) is 0 Å². The van der Waals surface area contributed by atoms with Crippen molar-refractivity contribution in [1.29, 1.82) is 0 Å². The summed E-state index contributed by atoms with van der Waals surface area (Å²) in [6.07, 6.45) is 0. The van der Waals surface area contributed by atoms with Gasteiger partial charge >= 0.3 is 23.1 Å². The van der Waals surface area contributed by atoms with Gasteiger partial charge in [0.1, 0.15) is 10.9 Å². The Morgan fingerprint density at radius 1 is 1.00 bits per heavy atom. The molecule has 2 atom stereocenters. The summed E-state index contributed by atoms with van der Waals surface area (Å²) in [4.78, 5) is 18.5. The smallest absolute Gasteiger partial charge is 0.546 e. The first-order valence-electron chi connectivity index (χ1n) is 2.43. The normalized spacial score (nSPS) is 12.6. The van der Waals surface area contributed by atoms with E-state index in [4.69, 9.17) is 10.2 Å². The van der Waals surface area contributed by atoms with Crippen molar-refractivity contribution in [2.75, 3.05) is 0 Å². The van der Waals surface area contributed by atoms with Gasteiger partial charge < -0.3 is 30.0 Å². The van der Waals surface area contributed by atoms with Crippen molar-refractivity contribution in [1.82, 2.24) is 0 Å². The van der Waals surface area contributed by atoms with E-state index in [-0.39, 0.29) is 23.1 Å². The van der Waals surface area contributed by atoms with Crippen LogP contribution in [-0.4, -0.2) is 56.1 Å². The van der Waals surface area contributed by atoms with Crippen molar-refractivity contribution in [3.8, 4) is 0 Å². The number of carboxylic acid groups (broad SMARTS) is 2. The molecule has 0 rings (SSSR count). The Bertz CT molecular complexity index is 143. The minimum atomic E-state index is -1.65. The van der Waals surface area contributed by atoms with Gasteiger partial charge in [-0.1, -0.05) is 0 Å². The Morgan fingerprint density at radius 3 is 1.08 bits per heavy atom. The van der Waals surface area contributed by atoms with Crippen LogP contribution in [0.2, 0.25) is 0 Å². The molecule has 0 amide bonds. The Kier molecular flexibility index (Phi) is 15.2. The Morgan fingerprint density at radius 2 is 1.08 bits per heavy atom. The number of aliphatic hydroxyl groups excluding tert-OH is 2. The molecule has 6 nitrogen and oxygen atoms in total. The first-order chi connectivity index (χ1) is 5.29. The van der Waals surface area contributed by atoms with E-state index in [0.717, 1.165) is 0 Å². The van der Waals surface area contributed by atoms with Gasteiger partial charge in [0.05, 0.1) is 11.9 Å². The molecule has 0 spiro atoms. The number of aliphatic carboxylic acids is 2. The zero-order chi connectivity index (χ0) is 10.3. The maximum absolute atomic E-state index is 9.26. The van der Waals surface area contributed by atoms with Gasteiger partial charge in [-0.25, -0.2) is 0 Å². The molecule has 0 aliphatic heterocycles. The van der Waals surface area contributed by atoms with Crippen molar-refractivity contribution in [2.24, 2.45) is 0 Å². The molecule has 0 aromatic heterocycles. The van der Waals surface area contributed by atoms with Crippen LogP contribution >= 0.6 is 25.3 Å². The second kappa shape index (κ2) is 10.4. The van der Waals surface area contributed by atoms with Crippen LogP contribution < -0.4 is 10.2 Å². The van der Waals surface area contributed by atoms with Gasteiger partial charge in [0.2, 0.25) is 0 Å². The van der Waals surface area contributed by atoms with Gasteiger partial charge in [-0.15, -0.1) is 25.3 Å². The molecule has 0 aliphatic carbocycles. The summed E-state index contributed by atoms with van der Waals surface area (Å²) < 4.78 is 0. The SMILES string of the molecule is O=C([O-])C(O)S.O=C([O-])C(O)S.[Mg+2]. The third-order valence-corrected chi connectivity index (χ3v) is 0.843. The molecule has 0 saturated heterocycles. The quantitative estimate of drug-likeness (QED) is 0.219. The maximum Gasteiger partial charge on any atom is 2.00 e. The summed E-state index contributed by atoms with van der Waals surface area (Å²) in [7, 11) is 0. The number of rotatable bonds is 2. The van der Waals surface area contributed by atoms with Gasteiger partial charge in [0, 0.05) is 0 Å². The number of carbonyl (C=O) groups excluding carboxylic acids is 2. The fourth-order valence-corrected chi connectivity index (χ4v) is 0. The van der Waals surface area contributed by atoms with Crippen molar-refractivity contribution in [2.45, 2.75) is 10.9 Å². The molecule has 0 aromatic rings. The van der Waals surface area contributed by atoms with E-state index in [0.29, 0.717) is 0 Å². The molecule has 0 aliphatic rings. The summed E-state index contributed by atoms with van der Waals surface area (Å²) >= 11 is 6.17. The molecule has 72 valence electrons. The van der Waals surface area contributed by atoms with Crippen molar-refractivity contribution in [3.63, 3.8) is 0 Å². The van der Waals surface area contributed by atoms with E-state index in [2.05, 4.69) is 25.3 Å². The second-order valence-electron chi connectivity index (χ2n) is 1.39. The predicted molar refractivity (Wildman–Crippen MR) is 45.8 cm³/mol. The molecule has 0 aromatic carbocycles. The fraction of sp³-hybridized carbons (Fsp3) is 0.500. The number of carboxylic acids is 2. The molecule has 0 radical (unpaired) electrons. The topological polar surface area (TPSA) is 121 Å². The van der Waals surface area contributed by atoms with Crippen LogP contribution in [0.1, 0.15) is 0 Å². The molecular weight excluding hydrogens is 232 g/mol. The molecule has 13 heavy (non-hydrogen) atoms. The van der Waals surface area contributed by atoms with Gasteiger partial charge in [-0.05, 0) is 0 Å². The van der Waals surface area contributed by atoms with Crippen molar-refractivity contribution < 1.29 is 30.0 Å². The number of thiol groups is 2. The first-order valence-corrected chi connectivity index (χ1v) is 3.46. The van der Waals surface area contributed by atoms with Crippen LogP contribution in [0.25, 0.3) is 0 Å². The van der Waals surface area contributed by atoms with Crippen molar-refractivity contribution in [3.05, 3.63) is 0 Å². The molecule has 0 fully saturated rings. The molecule has 0 bridgehead atoms. The molecule has 0 heterocycles. The Balaban J connectivity index is -0.000000143. The Labute approximate surface area is 101 Å². The summed E-state index contributed by atoms with van der Waals surface area (Å²) in [5.74, 6) is -3.14. The second-order valence-corrected chi connectivity index (χ2v) is 2.36. The van der Waals surface area contributed by atoms with Gasteiger partial charge in [-0.3, -0.25) is 0 Å². The third-order valence-electron chi connectivity index (χ3n) is 0.422. The Hall–Kier alpha value is 0.326. The largest absolute Gasteiger partial charge is 2.00 e. The minimum Gasteiger partial charge on any atom is -0.546 e. The maximum atomic E-state index is 9.26. The first kappa shape index (κ1) is 19.0. The van der Waals surface area contributed by atoms with Crippen LogP contribution in [0.5, 0.6) is 0 Å². The standard InChI is InChI=1S/2C2H4O3S.Mg/c2*3-1(4)2(5)6;/h2*2,5-6H,(H,3,4);/q;;+2/p-2. The third kappa shape index (κ3) is 19.0. The molecule has 0 saturated carbocycles. The van der Waals surface area contributed by atoms with E-state index in [1.54, 1.807) is 0 Å². The monoisotopic (exact) mass is 238 g/mol. The van der Waals surface area contributed by atoms with E-state index in [9.17, 15) is 19.8 Å². The molecule has 2 unspecified atom stereocenters. The van der Waals surface area contributed by atoms with Gasteiger partial charge in [-0.2, -0.15) is 0 Å². The van der Waals surface area contributed by atoms with E-state index in [1.165, 1.54) is 0 Å². The number of hydrogen-bond donors (Lipinski definition) is 4. The summed E-state index contributed by atoms with van der Waals surface area (Å²) in [6, 6.07) is 0. The molecule has 9 heteroatoms. The number of aliphatic hydroxyl groups is 2. The van der Waals surface area contributed by atoms with E-state index in [1.807, 2.05) is 0 Å². The fourth-order valence-electron chi connectivity index (χ4n) is 0. The minimum absolute atomic E-state index is 0. The van der Waals surface area contributed by atoms with E-state index >= 15 is 0 Å². The summed E-state index contributed by atoms with van der Waals surface area (Å²) in [5.41, 5.74) is -3.30.